The maximum absolute atomic E-state index is 13.7. The molecule has 1 aliphatic heterocycles. The quantitative estimate of drug-likeness (QED) is 0.874. The molecule has 0 bridgehead atoms. The van der Waals surface area contributed by atoms with Gasteiger partial charge in [-0.1, -0.05) is 5.16 Å². The van der Waals surface area contributed by atoms with E-state index in [0.29, 0.717) is 18.3 Å². The number of rotatable bonds is 3. The van der Waals surface area contributed by atoms with Crippen molar-refractivity contribution in [1.29, 1.82) is 0 Å². The molecule has 0 radical (unpaired) electrons. The predicted molar refractivity (Wildman–Crippen MR) is 66.7 cm³/mol. The monoisotopic (exact) mass is 281 g/mol. The van der Waals surface area contributed by atoms with Crippen molar-refractivity contribution in [3.8, 4) is 11.5 Å². The summed E-state index contributed by atoms with van der Waals surface area (Å²) in [6.45, 7) is 0.735. The summed E-state index contributed by atoms with van der Waals surface area (Å²) >= 11 is 0. The van der Waals surface area contributed by atoms with Crippen LogP contribution in [0.25, 0.3) is 11.5 Å². The third-order valence-electron chi connectivity index (χ3n) is 3.22. The molecule has 5 nitrogen and oxygen atoms in total. The van der Waals surface area contributed by atoms with Crippen LogP contribution in [0.5, 0.6) is 0 Å². The van der Waals surface area contributed by atoms with E-state index in [1.807, 2.05) is 0 Å². The molecule has 1 fully saturated rings. The summed E-state index contributed by atoms with van der Waals surface area (Å²) in [6.07, 6.45) is 2.55. The first-order valence-electron chi connectivity index (χ1n) is 6.32. The summed E-state index contributed by atoms with van der Waals surface area (Å²) in [7, 11) is 0. The highest BCUT2D eigenvalue weighted by molar-refractivity contribution is 5.61. The van der Waals surface area contributed by atoms with Crippen molar-refractivity contribution in [2.75, 3.05) is 12.3 Å². The van der Waals surface area contributed by atoms with E-state index in [4.69, 9.17) is 15.0 Å². The average Bonchev–Trinajstić information content (AvgIpc) is 3.06. The van der Waals surface area contributed by atoms with Crippen molar-refractivity contribution in [3.05, 3.63) is 29.6 Å². The minimum Gasteiger partial charge on any atom is -0.396 e. The van der Waals surface area contributed by atoms with Gasteiger partial charge >= 0.3 is 0 Å². The van der Waals surface area contributed by atoms with Crippen molar-refractivity contribution < 1.29 is 18.0 Å². The fourth-order valence-electron chi connectivity index (χ4n) is 2.18. The normalized spacial score (nSPS) is 18.6. The van der Waals surface area contributed by atoms with Crippen LogP contribution in [-0.4, -0.2) is 22.9 Å². The van der Waals surface area contributed by atoms with E-state index < -0.39 is 11.6 Å². The highest BCUT2D eigenvalue weighted by Gasteiger charge is 2.21. The van der Waals surface area contributed by atoms with Crippen molar-refractivity contribution in [3.63, 3.8) is 0 Å². The van der Waals surface area contributed by atoms with Crippen LogP contribution in [0.1, 0.15) is 18.7 Å². The lowest BCUT2D eigenvalue weighted by Gasteiger charge is -2.04. The molecule has 2 aromatic rings. The first-order chi connectivity index (χ1) is 9.63. The third kappa shape index (κ3) is 2.49. The summed E-state index contributed by atoms with van der Waals surface area (Å²) in [5.74, 6) is -1.18. The van der Waals surface area contributed by atoms with Crippen LogP contribution < -0.4 is 5.73 Å². The molecule has 106 valence electrons. The molecular weight excluding hydrogens is 268 g/mol. The van der Waals surface area contributed by atoms with Gasteiger partial charge in [0.1, 0.15) is 11.6 Å². The molecule has 1 unspecified atom stereocenters. The van der Waals surface area contributed by atoms with Gasteiger partial charge in [0.25, 0.3) is 5.89 Å². The molecule has 20 heavy (non-hydrogen) atoms. The molecule has 0 spiro atoms. The molecule has 2 N–H and O–H groups in total. The van der Waals surface area contributed by atoms with Crippen molar-refractivity contribution in [2.24, 2.45) is 0 Å². The minimum atomic E-state index is -0.814. The van der Waals surface area contributed by atoms with E-state index in [1.165, 1.54) is 0 Å². The average molecular weight is 281 g/mol. The first kappa shape index (κ1) is 13.0. The summed E-state index contributed by atoms with van der Waals surface area (Å²) < 4.78 is 37.3. The Bertz CT molecular complexity index is 624. The Hall–Kier alpha value is -2.02. The number of nitrogens with zero attached hydrogens (tertiary/aromatic N) is 2. The smallest absolute Gasteiger partial charge is 0.260 e. The Morgan fingerprint density at radius 3 is 2.90 bits per heavy atom. The Kier molecular flexibility index (Phi) is 3.35. The molecule has 1 aliphatic rings. The lowest BCUT2D eigenvalue weighted by molar-refractivity contribution is 0.109. The van der Waals surface area contributed by atoms with E-state index in [1.54, 1.807) is 0 Å². The number of ether oxygens (including phenoxy) is 1. The van der Waals surface area contributed by atoms with E-state index in [9.17, 15) is 8.78 Å². The zero-order valence-electron chi connectivity index (χ0n) is 10.6. The van der Waals surface area contributed by atoms with Crippen LogP contribution in [0.3, 0.4) is 0 Å². The van der Waals surface area contributed by atoms with Crippen LogP contribution in [0.4, 0.5) is 14.5 Å². The molecule has 0 saturated carbocycles. The van der Waals surface area contributed by atoms with Crippen molar-refractivity contribution in [1.82, 2.24) is 10.1 Å². The van der Waals surface area contributed by atoms with Crippen LogP contribution >= 0.6 is 0 Å². The Morgan fingerprint density at radius 2 is 2.15 bits per heavy atom. The fraction of sp³-hybridized carbons (Fsp3) is 0.385. The number of nitrogen functional groups attached to an aromatic ring is 1. The molecular formula is C13H13F2N3O2. The number of benzene rings is 1. The Balaban J connectivity index is 1.84. The van der Waals surface area contributed by atoms with Gasteiger partial charge in [0.15, 0.2) is 5.82 Å². The highest BCUT2D eigenvalue weighted by Crippen LogP contribution is 2.26. The van der Waals surface area contributed by atoms with E-state index in [0.717, 1.165) is 25.5 Å². The number of halogens is 2. The maximum Gasteiger partial charge on any atom is 0.260 e. The molecule has 0 aliphatic carbocycles. The molecule has 1 atom stereocenters. The molecule has 1 aromatic heterocycles. The fourth-order valence-corrected chi connectivity index (χ4v) is 2.18. The summed E-state index contributed by atoms with van der Waals surface area (Å²) in [6, 6.07) is 1.85. The topological polar surface area (TPSA) is 74.2 Å². The zero-order valence-corrected chi connectivity index (χ0v) is 10.6. The molecule has 0 amide bonds. The number of hydrogen-bond donors (Lipinski definition) is 1. The van der Waals surface area contributed by atoms with Gasteiger partial charge in [0.2, 0.25) is 0 Å². The van der Waals surface area contributed by atoms with Gasteiger partial charge in [0, 0.05) is 19.1 Å². The Morgan fingerprint density at radius 1 is 1.30 bits per heavy atom. The Labute approximate surface area is 113 Å². The largest absolute Gasteiger partial charge is 0.396 e. The second-order valence-corrected chi connectivity index (χ2v) is 4.71. The summed E-state index contributed by atoms with van der Waals surface area (Å²) in [5, 5.41) is 3.78. The van der Waals surface area contributed by atoms with Gasteiger partial charge in [-0.15, -0.1) is 0 Å². The summed E-state index contributed by atoms with van der Waals surface area (Å²) in [5.41, 5.74) is 5.24. The van der Waals surface area contributed by atoms with Gasteiger partial charge < -0.3 is 15.0 Å². The molecule has 7 heteroatoms. The standard InChI is InChI=1S/C13H13F2N3O2/c14-9-6-10(15)11(16)5-8(9)13-17-12(18-20-13)4-7-2-1-3-19-7/h5-7H,1-4,16H2. The SMILES string of the molecule is Nc1cc(-c2nc(CC3CCCO3)no2)c(F)cc1F. The number of aromatic nitrogens is 2. The molecule has 1 aromatic carbocycles. The molecule has 1 saturated heterocycles. The number of anilines is 1. The van der Waals surface area contributed by atoms with Crippen molar-refractivity contribution >= 4 is 5.69 Å². The van der Waals surface area contributed by atoms with Gasteiger partial charge in [-0.25, -0.2) is 8.78 Å². The van der Waals surface area contributed by atoms with Crippen LogP contribution in [0.2, 0.25) is 0 Å². The van der Waals surface area contributed by atoms with E-state index in [2.05, 4.69) is 10.1 Å². The number of nitrogens with two attached hydrogens (primary N) is 1. The van der Waals surface area contributed by atoms with Gasteiger partial charge in [-0.2, -0.15) is 4.98 Å². The lowest BCUT2D eigenvalue weighted by atomic mass is 10.1. The van der Waals surface area contributed by atoms with E-state index in [-0.39, 0.29) is 23.2 Å². The van der Waals surface area contributed by atoms with Gasteiger partial charge in [-0.05, 0) is 18.9 Å². The lowest BCUT2D eigenvalue weighted by Crippen LogP contribution is -2.09. The highest BCUT2D eigenvalue weighted by atomic mass is 19.1. The van der Waals surface area contributed by atoms with Crippen LogP contribution in [0, 0.1) is 11.6 Å². The minimum absolute atomic E-state index is 0.00464. The first-order valence-corrected chi connectivity index (χ1v) is 6.32. The number of hydrogen-bond acceptors (Lipinski definition) is 5. The predicted octanol–water partition coefficient (Wildman–Crippen LogP) is 2.32. The third-order valence-corrected chi connectivity index (χ3v) is 3.22. The molecule has 3 rings (SSSR count). The van der Waals surface area contributed by atoms with Gasteiger partial charge in [0.05, 0.1) is 17.4 Å². The van der Waals surface area contributed by atoms with Crippen LogP contribution in [-0.2, 0) is 11.2 Å². The summed E-state index contributed by atoms with van der Waals surface area (Å²) in [4.78, 5) is 4.10. The van der Waals surface area contributed by atoms with Crippen molar-refractivity contribution in [2.45, 2.75) is 25.4 Å². The van der Waals surface area contributed by atoms with E-state index >= 15 is 0 Å². The molecule has 2 heterocycles. The zero-order chi connectivity index (χ0) is 14.1. The van der Waals surface area contributed by atoms with Crippen LogP contribution in [0.15, 0.2) is 16.7 Å². The van der Waals surface area contributed by atoms with Gasteiger partial charge in [-0.3, -0.25) is 0 Å². The second-order valence-electron chi connectivity index (χ2n) is 4.71. The second kappa shape index (κ2) is 5.16. The maximum atomic E-state index is 13.7.